The average Bonchev–Trinajstić information content (AvgIpc) is 2.88. The fraction of sp³-hybridized carbons (Fsp3) is 0.200. The summed E-state index contributed by atoms with van der Waals surface area (Å²) in [6.07, 6.45) is 1.79. The Bertz CT molecular complexity index is 917. The van der Waals surface area contributed by atoms with Crippen LogP contribution in [0.3, 0.4) is 0 Å². The molecule has 2 aromatic rings. The molecule has 0 aliphatic carbocycles. The van der Waals surface area contributed by atoms with E-state index in [9.17, 15) is 4.79 Å². The molecule has 0 aromatic heterocycles. The minimum Gasteiger partial charge on any atom is -0.287 e. The van der Waals surface area contributed by atoms with Gasteiger partial charge in [0, 0.05) is 16.6 Å². The number of aliphatic imine (C=N–C) groups is 1. The Morgan fingerprint density at radius 3 is 2.46 bits per heavy atom. The van der Waals surface area contributed by atoms with Crippen LogP contribution in [0.5, 0.6) is 0 Å². The summed E-state index contributed by atoms with van der Waals surface area (Å²) in [5.74, 6) is -0.0616. The van der Waals surface area contributed by atoms with Crippen molar-refractivity contribution >= 4 is 57.8 Å². The van der Waals surface area contributed by atoms with Crippen molar-refractivity contribution in [1.82, 2.24) is 4.90 Å². The molecule has 1 fully saturated rings. The molecule has 0 spiro atoms. The zero-order valence-corrected chi connectivity index (χ0v) is 17.0. The first-order valence-corrected chi connectivity index (χ1v) is 9.79. The molecule has 1 aliphatic heterocycles. The van der Waals surface area contributed by atoms with Crippen molar-refractivity contribution < 1.29 is 4.79 Å². The van der Waals surface area contributed by atoms with Gasteiger partial charge in [-0.25, -0.2) is 4.99 Å². The number of likely N-dealkylation sites (N-methyl/N-ethyl adjacent to an activating group) is 1. The van der Waals surface area contributed by atoms with Crippen LogP contribution in [0.4, 0.5) is 5.69 Å². The lowest BCUT2D eigenvalue weighted by atomic mass is 10.1. The summed E-state index contributed by atoms with van der Waals surface area (Å²) >= 11 is 13.6. The Morgan fingerprint density at radius 2 is 1.85 bits per heavy atom. The highest BCUT2D eigenvalue weighted by Crippen LogP contribution is 2.36. The molecule has 1 aliphatic rings. The maximum atomic E-state index is 12.8. The van der Waals surface area contributed by atoms with Crippen molar-refractivity contribution in [3.05, 3.63) is 68.0 Å². The summed E-state index contributed by atoms with van der Waals surface area (Å²) in [5, 5.41) is 1.77. The maximum absolute atomic E-state index is 12.8. The number of amidine groups is 1. The Labute approximate surface area is 167 Å². The molecule has 1 amide bonds. The van der Waals surface area contributed by atoms with E-state index in [1.165, 1.54) is 11.8 Å². The Hall–Kier alpha value is -1.75. The molecule has 0 bridgehead atoms. The van der Waals surface area contributed by atoms with Gasteiger partial charge in [0.05, 0.1) is 10.6 Å². The van der Waals surface area contributed by atoms with Crippen LogP contribution in [-0.4, -0.2) is 22.5 Å². The molecule has 0 radical (unpaired) electrons. The van der Waals surface area contributed by atoms with Gasteiger partial charge in [0.25, 0.3) is 5.91 Å². The second-order valence-electron chi connectivity index (χ2n) is 5.96. The second kappa shape index (κ2) is 7.87. The quantitative estimate of drug-likeness (QED) is 0.567. The van der Waals surface area contributed by atoms with Gasteiger partial charge in [0.1, 0.15) is 0 Å². The summed E-state index contributed by atoms with van der Waals surface area (Å²) in [6.45, 7) is 6.54. The number of para-hydroxylation sites is 1. The van der Waals surface area contributed by atoms with E-state index in [1.54, 1.807) is 23.1 Å². The van der Waals surface area contributed by atoms with Crippen molar-refractivity contribution in [2.45, 2.75) is 20.8 Å². The third-order valence-electron chi connectivity index (χ3n) is 4.10. The van der Waals surface area contributed by atoms with Crippen LogP contribution in [0.2, 0.25) is 10.0 Å². The number of hydrogen-bond donors (Lipinski definition) is 0. The molecule has 0 unspecified atom stereocenters. The molecule has 6 heteroatoms. The summed E-state index contributed by atoms with van der Waals surface area (Å²) in [7, 11) is 0. The van der Waals surface area contributed by atoms with E-state index in [1.807, 2.05) is 45.0 Å². The minimum atomic E-state index is -0.0616. The number of aryl methyl sites for hydroxylation is 2. The molecule has 0 saturated carbocycles. The summed E-state index contributed by atoms with van der Waals surface area (Å²) in [4.78, 5) is 19.8. The fourth-order valence-corrected chi connectivity index (χ4v) is 4.21. The third kappa shape index (κ3) is 3.83. The van der Waals surface area contributed by atoms with E-state index >= 15 is 0 Å². The van der Waals surface area contributed by atoms with Gasteiger partial charge in [-0.05, 0) is 67.4 Å². The van der Waals surface area contributed by atoms with Gasteiger partial charge in [-0.1, -0.05) is 47.5 Å². The highest BCUT2D eigenvalue weighted by Gasteiger charge is 2.32. The van der Waals surface area contributed by atoms with E-state index in [0.29, 0.717) is 26.7 Å². The molecule has 3 rings (SSSR count). The van der Waals surface area contributed by atoms with Crippen LogP contribution in [-0.2, 0) is 4.79 Å². The first-order valence-electron chi connectivity index (χ1n) is 8.22. The lowest BCUT2D eigenvalue weighted by Crippen LogP contribution is -2.28. The van der Waals surface area contributed by atoms with E-state index in [-0.39, 0.29) is 5.91 Å². The second-order valence-corrected chi connectivity index (χ2v) is 7.81. The molecular formula is C20H18Cl2N2OS. The molecule has 2 aromatic carbocycles. The van der Waals surface area contributed by atoms with Gasteiger partial charge in [0.2, 0.25) is 0 Å². The Kier molecular flexibility index (Phi) is 5.76. The topological polar surface area (TPSA) is 32.7 Å². The number of carbonyl (C=O) groups is 1. The van der Waals surface area contributed by atoms with Crippen molar-refractivity contribution in [3.63, 3.8) is 0 Å². The molecule has 3 nitrogen and oxygen atoms in total. The summed E-state index contributed by atoms with van der Waals surface area (Å²) in [6, 6.07) is 11.3. The van der Waals surface area contributed by atoms with Gasteiger partial charge in [-0.3, -0.25) is 9.69 Å². The number of nitrogens with zero attached hydrogens (tertiary/aromatic N) is 2. The Balaban J connectivity index is 2.01. The zero-order chi connectivity index (χ0) is 18.8. The zero-order valence-electron chi connectivity index (χ0n) is 14.7. The normalized spacial score (nSPS) is 17.6. The molecule has 0 atom stereocenters. The van der Waals surface area contributed by atoms with Crippen LogP contribution in [0.1, 0.15) is 23.6 Å². The predicted molar refractivity (Wildman–Crippen MR) is 112 cm³/mol. The molecule has 134 valence electrons. The van der Waals surface area contributed by atoms with Gasteiger partial charge in [0.15, 0.2) is 5.17 Å². The fourth-order valence-electron chi connectivity index (χ4n) is 2.71. The van der Waals surface area contributed by atoms with Crippen molar-refractivity contribution in [2.75, 3.05) is 6.54 Å². The lowest BCUT2D eigenvalue weighted by Gasteiger charge is -2.13. The monoisotopic (exact) mass is 404 g/mol. The number of thioether (sulfide) groups is 1. The van der Waals surface area contributed by atoms with Crippen molar-refractivity contribution in [1.29, 1.82) is 0 Å². The van der Waals surface area contributed by atoms with Crippen molar-refractivity contribution in [3.8, 4) is 0 Å². The number of benzene rings is 2. The van der Waals surface area contributed by atoms with Gasteiger partial charge >= 0.3 is 0 Å². The molecular weight excluding hydrogens is 387 g/mol. The SMILES string of the molecule is CCN1C(=O)/C(=C\c2ccc(Cl)cc2Cl)SC1=Nc1c(C)cccc1C. The van der Waals surface area contributed by atoms with E-state index < -0.39 is 0 Å². The van der Waals surface area contributed by atoms with Crippen LogP contribution >= 0.6 is 35.0 Å². The minimum absolute atomic E-state index is 0.0616. The smallest absolute Gasteiger partial charge is 0.266 e. The highest BCUT2D eigenvalue weighted by molar-refractivity contribution is 8.18. The lowest BCUT2D eigenvalue weighted by molar-refractivity contribution is -0.122. The van der Waals surface area contributed by atoms with Gasteiger partial charge in [-0.2, -0.15) is 0 Å². The van der Waals surface area contributed by atoms with Gasteiger partial charge < -0.3 is 0 Å². The number of hydrogen-bond acceptors (Lipinski definition) is 3. The predicted octanol–water partition coefficient (Wildman–Crippen LogP) is 6.23. The van der Waals surface area contributed by atoms with E-state index in [0.717, 1.165) is 22.4 Å². The van der Waals surface area contributed by atoms with Crippen LogP contribution < -0.4 is 0 Å². The van der Waals surface area contributed by atoms with Crippen LogP contribution in [0.15, 0.2) is 46.3 Å². The number of amides is 1. The van der Waals surface area contributed by atoms with Crippen LogP contribution in [0.25, 0.3) is 6.08 Å². The first kappa shape index (κ1) is 19.0. The molecule has 0 N–H and O–H groups in total. The first-order chi connectivity index (χ1) is 12.4. The number of rotatable bonds is 3. The molecule has 26 heavy (non-hydrogen) atoms. The molecule has 1 heterocycles. The standard InChI is InChI=1S/C20H18Cl2N2OS/c1-4-24-19(25)17(10-14-8-9-15(21)11-16(14)22)26-20(24)23-18-12(2)6-5-7-13(18)3/h5-11H,4H2,1-3H3/b17-10+,23-20?. The average molecular weight is 405 g/mol. The number of halogens is 2. The maximum Gasteiger partial charge on any atom is 0.266 e. The summed E-state index contributed by atoms with van der Waals surface area (Å²) < 4.78 is 0. The Morgan fingerprint density at radius 1 is 1.15 bits per heavy atom. The molecule has 1 saturated heterocycles. The van der Waals surface area contributed by atoms with Crippen molar-refractivity contribution in [2.24, 2.45) is 4.99 Å². The van der Waals surface area contributed by atoms with E-state index in [4.69, 9.17) is 28.2 Å². The number of carbonyl (C=O) groups excluding carboxylic acids is 1. The van der Waals surface area contributed by atoms with Crippen LogP contribution in [0, 0.1) is 13.8 Å². The van der Waals surface area contributed by atoms with E-state index in [2.05, 4.69) is 0 Å². The van der Waals surface area contributed by atoms with Gasteiger partial charge in [-0.15, -0.1) is 0 Å². The summed E-state index contributed by atoms with van der Waals surface area (Å²) in [5.41, 5.74) is 3.84. The largest absolute Gasteiger partial charge is 0.287 e. The highest BCUT2D eigenvalue weighted by atomic mass is 35.5. The third-order valence-corrected chi connectivity index (χ3v) is 5.67.